The second kappa shape index (κ2) is 10.5. The Morgan fingerprint density at radius 3 is 1.13 bits per heavy atom. The summed E-state index contributed by atoms with van der Waals surface area (Å²) < 4.78 is 47.0. The van der Waals surface area contributed by atoms with Crippen molar-refractivity contribution in [2.45, 2.75) is 13.8 Å². The van der Waals surface area contributed by atoms with Gasteiger partial charge < -0.3 is 27.5 Å². The van der Waals surface area contributed by atoms with Crippen LogP contribution in [0.5, 0.6) is 0 Å². The molecule has 0 bridgehead atoms. The molecular weight excluding hydrogens is 324 g/mol. The summed E-state index contributed by atoms with van der Waals surface area (Å²) in [6.07, 6.45) is 0. The summed E-state index contributed by atoms with van der Waals surface area (Å²) in [4.78, 5) is 0. The molecule has 0 radical (unpaired) electrons. The van der Waals surface area contributed by atoms with Gasteiger partial charge in [0.1, 0.15) is 26.2 Å². The highest BCUT2D eigenvalue weighted by Gasteiger charge is 2.22. The van der Waals surface area contributed by atoms with Crippen molar-refractivity contribution in [1.82, 2.24) is 0 Å². The van der Waals surface area contributed by atoms with Crippen molar-refractivity contribution in [2.75, 3.05) is 79.8 Å². The fourth-order valence-electron chi connectivity index (χ4n) is 2.20. The van der Waals surface area contributed by atoms with Gasteiger partial charge in [0.05, 0.1) is 53.6 Å². The molecule has 140 valence electrons. The number of nitrogens with zero attached hydrogens (tertiary/aromatic N) is 2. The van der Waals surface area contributed by atoms with Gasteiger partial charge >= 0.3 is 0 Å². The zero-order valence-electron chi connectivity index (χ0n) is 14.8. The maximum Gasteiger partial charge on any atom is 0.102 e. The van der Waals surface area contributed by atoms with Gasteiger partial charge in [-0.1, -0.05) is 0 Å². The second-order valence-electron chi connectivity index (χ2n) is 6.40. The molecule has 0 N–H and O–H groups in total. The van der Waals surface area contributed by atoms with Crippen molar-refractivity contribution < 1.29 is 36.0 Å². The average molecular weight is 356 g/mol. The van der Waals surface area contributed by atoms with Crippen LogP contribution in [0.2, 0.25) is 0 Å². The normalized spacial score (nSPS) is 22.9. The van der Waals surface area contributed by atoms with E-state index in [1.165, 1.54) is 48.2 Å². The van der Waals surface area contributed by atoms with Crippen LogP contribution in [0.1, 0.15) is 13.8 Å². The van der Waals surface area contributed by atoms with Crippen molar-refractivity contribution in [3.63, 3.8) is 0 Å². The quantitative estimate of drug-likeness (QED) is 0.380. The second-order valence-corrected chi connectivity index (χ2v) is 7.22. The third-order valence-electron chi connectivity index (χ3n) is 4.63. The Hall–Kier alpha value is -0.290. The molecule has 0 unspecified atom stereocenters. The molecule has 0 spiro atoms. The smallest absolute Gasteiger partial charge is 0.102 e. The Bertz CT molecular complexity index is 371. The van der Waals surface area contributed by atoms with E-state index in [0.717, 1.165) is 26.4 Å². The lowest BCUT2D eigenvalue weighted by Gasteiger charge is -2.36. The first-order valence-electron chi connectivity index (χ1n) is 8.03. The summed E-state index contributed by atoms with van der Waals surface area (Å²) in [5, 5.41) is 0. The minimum Gasteiger partial charge on any atom is -0.759 e. The van der Waals surface area contributed by atoms with E-state index in [4.69, 9.17) is 27.0 Å². The van der Waals surface area contributed by atoms with E-state index in [1.54, 1.807) is 0 Å². The number of likely N-dealkylation sites (N-methyl/N-ethyl adjacent to an activating group) is 2. The van der Waals surface area contributed by atoms with Crippen LogP contribution in [0.3, 0.4) is 0 Å². The van der Waals surface area contributed by atoms with Crippen molar-refractivity contribution in [1.29, 1.82) is 0 Å². The molecule has 2 fully saturated rings. The zero-order valence-corrected chi connectivity index (χ0v) is 15.6. The zero-order chi connectivity index (χ0) is 18.0. The lowest BCUT2D eigenvalue weighted by atomic mass is 10.3. The van der Waals surface area contributed by atoms with Gasteiger partial charge in [0.15, 0.2) is 0 Å². The fourth-order valence-corrected chi connectivity index (χ4v) is 2.20. The van der Waals surface area contributed by atoms with E-state index in [1.807, 2.05) is 0 Å². The molecule has 9 heteroatoms. The number of quaternary nitrogens is 2. The summed E-state index contributed by atoms with van der Waals surface area (Å²) in [5.41, 5.74) is 0. The van der Waals surface area contributed by atoms with Gasteiger partial charge in [-0.2, -0.15) is 0 Å². The van der Waals surface area contributed by atoms with Crippen LogP contribution in [-0.2, 0) is 19.9 Å². The van der Waals surface area contributed by atoms with Gasteiger partial charge in [0.2, 0.25) is 0 Å². The molecular formula is C14H32N2O6S. The Labute approximate surface area is 140 Å². The molecule has 2 aliphatic rings. The molecule has 0 amide bonds. The van der Waals surface area contributed by atoms with Crippen molar-refractivity contribution in [2.24, 2.45) is 0 Å². The van der Waals surface area contributed by atoms with E-state index < -0.39 is 10.4 Å². The van der Waals surface area contributed by atoms with E-state index in [0.29, 0.717) is 0 Å². The van der Waals surface area contributed by atoms with Crippen LogP contribution in [-0.4, -0.2) is 106 Å². The van der Waals surface area contributed by atoms with E-state index in [-0.39, 0.29) is 0 Å². The molecule has 0 saturated carbocycles. The predicted octanol–water partition coefficient (Wildman–Crippen LogP) is -0.372. The lowest BCUT2D eigenvalue weighted by molar-refractivity contribution is -0.915. The monoisotopic (exact) mass is 356 g/mol. The number of rotatable bonds is 2. The Balaban J connectivity index is 0.000000332. The van der Waals surface area contributed by atoms with Gasteiger partial charge in [0.25, 0.3) is 0 Å². The van der Waals surface area contributed by atoms with E-state index >= 15 is 0 Å². The third-order valence-corrected chi connectivity index (χ3v) is 4.63. The maximum atomic E-state index is 8.52. The van der Waals surface area contributed by atoms with Crippen molar-refractivity contribution >= 4 is 10.4 Å². The molecule has 0 atom stereocenters. The van der Waals surface area contributed by atoms with Gasteiger partial charge in [-0.25, -0.2) is 0 Å². The first kappa shape index (κ1) is 22.7. The molecule has 2 aliphatic heterocycles. The first-order valence-corrected chi connectivity index (χ1v) is 9.36. The molecule has 0 aromatic heterocycles. The van der Waals surface area contributed by atoms with Gasteiger partial charge in [-0.05, 0) is 13.8 Å². The molecule has 0 aromatic rings. The standard InChI is InChI=1S/2C7H16NO.H2O4S/c2*1-3-8(2)4-6-9-7-5-8;1-5(2,3)4/h2*3-7H2,1-2H3;(H2,1,2,3,4)/q2*+1;/p-2. The summed E-state index contributed by atoms with van der Waals surface area (Å²) >= 11 is 0. The molecule has 2 heterocycles. The number of ether oxygens (including phenoxy) is 2. The highest BCUT2D eigenvalue weighted by Crippen LogP contribution is 2.06. The minimum absolute atomic E-state index is 0.949. The summed E-state index contributed by atoms with van der Waals surface area (Å²) in [6.45, 7) is 15.5. The van der Waals surface area contributed by atoms with Gasteiger partial charge in [0, 0.05) is 10.4 Å². The molecule has 8 nitrogen and oxygen atoms in total. The molecule has 2 rings (SSSR count). The molecule has 0 aliphatic carbocycles. The Morgan fingerprint density at radius 2 is 1.00 bits per heavy atom. The van der Waals surface area contributed by atoms with Crippen LogP contribution >= 0.6 is 0 Å². The number of morpholine rings is 2. The average Bonchev–Trinajstić information content (AvgIpc) is 2.48. The van der Waals surface area contributed by atoms with Crippen LogP contribution in [0, 0.1) is 0 Å². The van der Waals surface area contributed by atoms with Gasteiger partial charge in [-0.3, -0.25) is 8.42 Å². The first-order chi connectivity index (χ1) is 10.5. The molecule has 0 aromatic carbocycles. The minimum atomic E-state index is -5.17. The van der Waals surface area contributed by atoms with Crippen LogP contribution in [0.25, 0.3) is 0 Å². The van der Waals surface area contributed by atoms with Crippen molar-refractivity contribution in [3.05, 3.63) is 0 Å². The van der Waals surface area contributed by atoms with Crippen LogP contribution in [0.4, 0.5) is 0 Å². The lowest BCUT2D eigenvalue weighted by Crippen LogP contribution is -2.51. The van der Waals surface area contributed by atoms with E-state index in [9.17, 15) is 0 Å². The van der Waals surface area contributed by atoms with Crippen LogP contribution in [0.15, 0.2) is 0 Å². The summed E-state index contributed by atoms with van der Waals surface area (Å²) in [7, 11) is -0.578. The summed E-state index contributed by atoms with van der Waals surface area (Å²) in [5.74, 6) is 0. The Morgan fingerprint density at radius 1 is 0.783 bits per heavy atom. The molecule has 23 heavy (non-hydrogen) atoms. The molecule has 2 saturated heterocycles. The van der Waals surface area contributed by atoms with E-state index in [2.05, 4.69) is 27.9 Å². The Kier molecular flexibility index (Phi) is 10.4. The number of hydrogen-bond donors (Lipinski definition) is 0. The number of hydrogen-bond acceptors (Lipinski definition) is 6. The van der Waals surface area contributed by atoms with Crippen molar-refractivity contribution in [3.8, 4) is 0 Å². The fraction of sp³-hybridized carbons (Fsp3) is 1.00. The predicted molar refractivity (Wildman–Crippen MR) is 85.0 cm³/mol. The summed E-state index contributed by atoms with van der Waals surface area (Å²) in [6, 6.07) is 0. The van der Waals surface area contributed by atoms with Gasteiger partial charge in [-0.15, -0.1) is 0 Å². The topological polar surface area (TPSA) is 98.7 Å². The van der Waals surface area contributed by atoms with Crippen LogP contribution < -0.4 is 0 Å². The maximum absolute atomic E-state index is 8.52. The largest absolute Gasteiger partial charge is 0.759 e. The highest BCUT2D eigenvalue weighted by atomic mass is 32.3. The third kappa shape index (κ3) is 12.8. The SMILES string of the molecule is CC[N+]1(C)CCOCC1.CC[N+]1(C)CCOCC1.O=S(=O)([O-])[O-]. The highest BCUT2D eigenvalue weighted by molar-refractivity contribution is 7.79.